The van der Waals surface area contributed by atoms with Crippen LogP contribution < -0.4 is 9.80 Å². The summed E-state index contributed by atoms with van der Waals surface area (Å²) in [6, 6.07) is 14.8. The molecule has 3 aromatic rings. The van der Waals surface area contributed by atoms with Crippen molar-refractivity contribution in [1.29, 1.82) is 0 Å². The van der Waals surface area contributed by atoms with Crippen molar-refractivity contribution in [1.82, 2.24) is 14.9 Å². The van der Waals surface area contributed by atoms with Crippen molar-refractivity contribution in [2.75, 3.05) is 36.7 Å². The number of hydrogen-bond acceptors (Lipinski definition) is 7. The largest absolute Gasteiger partial charge is 0.364 e. The van der Waals surface area contributed by atoms with E-state index in [-0.39, 0.29) is 18.4 Å². The molecule has 3 heterocycles. The number of methoxy groups -OCH3 is 1. The van der Waals surface area contributed by atoms with Crippen molar-refractivity contribution in [3.8, 4) is 0 Å². The average Bonchev–Trinajstić information content (AvgIpc) is 3.03. The van der Waals surface area contributed by atoms with Crippen LogP contribution in [-0.2, 0) is 4.74 Å². The number of aromatic nitrogens is 2. The van der Waals surface area contributed by atoms with Gasteiger partial charge in [0, 0.05) is 32.6 Å². The second kappa shape index (κ2) is 7.23. The Bertz CT molecular complexity index is 1070. The molecule has 0 unspecified atom stereocenters. The first kappa shape index (κ1) is 18.3. The molecule has 2 aliphatic heterocycles. The normalized spacial score (nSPS) is 14.6. The molecule has 150 valence electrons. The van der Waals surface area contributed by atoms with Gasteiger partial charge >= 0.3 is 0 Å². The SMILES string of the molecule is COCN1c2ccccc2N(CCN2C(=O)c3ccccc3C2=O)c2nccnc21. The number of hydrogen-bond donors (Lipinski definition) is 0. The van der Waals surface area contributed by atoms with E-state index in [9.17, 15) is 9.59 Å². The van der Waals surface area contributed by atoms with E-state index in [0.717, 1.165) is 11.4 Å². The van der Waals surface area contributed by atoms with E-state index in [0.29, 0.717) is 36.0 Å². The smallest absolute Gasteiger partial charge is 0.261 e. The first-order valence-corrected chi connectivity index (χ1v) is 9.60. The molecule has 8 heteroatoms. The van der Waals surface area contributed by atoms with Gasteiger partial charge in [-0.1, -0.05) is 24.3 Å². The Morgan fingerprint density at radius 3 is 1.83 bits per heavy atom. The van der Waals surface area contributed by atoms with Crippen LogP contribution in [0.1, 0.15) is 20.7 Å². The van der Waals surface area contributed by atoms with Gasteiger partial charge in [0.2, 0.25) is 0 Å². The van der Waals surface area contributed by atoms with Gasteiger partial charge in [-0.25, -0.2) is 9.97 Å². The molecule has 0 aliphatic carbocycles. The first-order chi connectivity index (χ1) is 14.7. The van der Waals surface area contributed by atoms with E-state index in [2.05, 4.69) is 9.97 Å². The molecule has 0 fully saturated rings. The maximum atomic E-state index is 12.7. The molecule has 0 radical (unpaired) electrons. The minimum absolute atomic E-state index is 0.237. The molecule has 0 bridgehead atoms. The summed E-state index contributed by atoms with van der Waals surface area (Å²) in [5.74, 6) is 0.799. The van der Waals surface area contributed by atoms with E-state index in [1.807, 2.05) is 34.1 Å². The fraction of sp³-hybridized carbons (Fsp3) is 0.182. The predicted octanol–water partition coefficient (Wildman–Crippen LogP) is 2.97. The van der Waals surface area contributed by atoms with Gasteiger partial charge in [-0.15, -0.1) is 0 Å². The van der Waals surface area contributed by atoms with Crippen LogP contribution in [0.2, 0.25) is 0 Å². The Labute approximate surface area is 173 Å². The Morgan fingerprint density at radius 1 is 0.733 bits per heavy atom. The molecule has 8 nitrogen and oxygen atoms in total. The van der Waals surface area contributed by atoms with E-state index in [4.69, 9.17) is 4.74 Å². The zero-order valence-corrected chi connectivity index (χ0v) is 16.4. The minimum atomic E-state index is -0.263. The number of anilines is 4. The lowest BCUT2D eigenvalue weighted by atomic mass is 10.1. The van der Waals surface area contributed by atoms with E-state index >= 15 is 0 Å². The first-order valence-electron chi connectivity index (χ1n) is 9.60. The third kappa shape index (κ3) is 2.73. The Morgan fingerprint density at radius 2 is 1.23 bits per heavy atom. The number of amides is 2. The van der Waals surface area contributed by atoms with Gasteiger partial charge in [0.25, 0.3) is 11.8 Å². The Hall–Kier alpha value is -3.78. The third-order valence-corrected chi connectivity index (χ3v) is 5.32. The lowest BCUT2D eigenvalue weighted by Crippen LogP contribution is -2.39. The molecule has 0 spiro atoms. The molecule has 0 saturated heterocycles. The zero-order chi connectivity index (χ0) is 20.7. The van der Waals surface area contributed by atoms with Crippen molar-refractivity contribution < 1.29 is 14.3 Å². The van der Waals surface area contributed by atoms with Gasteiger partial charge in [0.15, 0.2) is 11.6 Å². The summed E-state index contributed by atoms with van der Waals surface area (Å²) >= 11 is 0. The van der Waals surface area contributed by atoms with Crippen LogP contribution >= 0.6 is 0 Å². The number of nitrogens with zero attached hydrogens (tertiary/aromatic N) is 5. The van der Waals surface area contributed by atoms with Crippen LogP contribution in [0.25, 0.3) is 0 Å². The van der Waals surface area contributed by atoms with Gasteiger partial charge in [0.1, 0.15) is 6.73 Å². The summed E-state index contributed by atoms with van der Waals surface area (Å²) in [5.41, 5.74) is 2.75. The highest BCUT2D eigenvalue weighted by molar-refractivity contribution is 6.21. The highest BCUT2D eigenvalue weighted by Crippen LogP contribution is 2.45. The quantitative estimate of drug-likeness (QED) is 0.608. The summed E-state index contributed by atoms with van der Waals surface area (Å²) in [6.07, 6.45) is 3.27. The summed E-state index contributed by atoms with van der Waals surface area (Å²) in [5, 5.41) is 0. The molecule has 1 aromatic heterocycles. The monoisotopic (exact) mass is 401 g/mol. The predicted molar refractivity (Wildman–Crippen MR) is 111 cm³/mol. The molecule has 2 aliphatic rings. The number of benzene rings is 2. The molecule has 0 N–H and O–H groups in total. The second-order valence-corrected chi connectivity index (χ2v) is 7.00. The fourth-order valence-electron chi connectivity index (χ4n) is 3.98. The topological polar surface area (TPSA) is 78.9 Å². The van der Waals surface area contributed by atoms with Crippen molar-refractivity contribution in [2.45, 2.75) is 0 Å². The van der Waals surface area contributed by atoms with Gasteiger partial charge in [0.05, 0.1) is 22.5 Å². The minimum Gasteiger partial charge on any atom is -0.364 e. The van der Waals surface area contributed by atoms with Crippen LogP contribution in [0.4, 0.5) is 23.0 Å². The Kier molecular flexibility index (Phi) is 4.40. The lowest BCUT2D eigenvalue weighted by Gasteiger charge is -2.38. The maximum Gasteiger partial charge on any atom is 0.261 e. The van der Waals surface area contributed by atoms with Crippen LogP contribution in [0, 0.1) is 0 Å². The van der Waals surface area contributed by atoms with Gasteiger partial charge in [-0.05, 0) is 24.3 Å². The molecular weight excluding hydrogens is 382 g/mol. The number of imide groups is 1. The number of fused-ring (bicyclic) bond motifs is 3. The van der Waals surface area contributed by atoms with E-state index in [1.165, 1.54) is 4.90 Å². The van der Waals surface area contributed by atoms with E-state index in [1.54, 1.807) is 43.8 Å². The standard InChI is InChI=1S/C22H19N5O3/c1-30-14-27-18-9-5-4-8-17(18)25(19-20(27)24-11-10-23-19)12-13-26-21(28)15-6-2-3-7-16(15)22(26)29/h2-11H,12-14H2,1H3. The highest BCUT2D eigenvalue weighted by Gasteiger charge is 2.36. The van der Waals surface area contributed by atoms with Crippen LogP contribution in [-0.4, -0.2) is 53.6 Å². The van der Waals surface area contributed by atoms with Crippen LogP contribution in [0.3, 0.4) is 0 Å². The van der Waals surface area contributed by atoms with Gasteiger partial charge in [-0.3, -0.25) is 19.4 Å². The zero-order valence-electron chi connectivity index (χ0n) is 16.4. The molecule has 5 rings (SSSR count). The summed E-state index contributed by atoms with van der Waals surface area (Å²) in [4.78, 5) is 39.8. The van der Waals surface area contributed by atoms with Gasteiger partial charge in [-0.2, -0.15) is 0 Å². The lowest BCUT2D eigenvalue weighted by molar-refractivity contribution is 0.0659. The molecule has 2 aromatic carbocycles. The number of rotatable bonds is 5. The van der Waals surface area contributed by atoms with Crippen molar-refractivity contribution in [2.24, 2.45) is 0 Å². The number of carbonyl (C=O) groups excluding carboxylic acids is 2. The summed E-state index contributed by atoms with van der Waals surface area (Å²) in [6.45, 7) is 0.963. The average molecular weight is 401 g/mol. The molecule has 30 heavy (non-hydrogen) atoms. The summed E-state index contributed by atoms with van der Waals surface area (Å²) in [7, 11) is 1.63. The molecule has 2 amide bonds. The number of para-hydroxylation sites is 2. The second-order valence-electron chi connectivity index (χ2n) is 7.00. The fourth-order valence-corrected chi connectivity index (χ4v) is 3.98. The molecular formula is C22H19N5O3. The number of ether oxygens (including phenoxy) is 1. The van der Waals surface area contributed by atoms with E-state index < -0.39 is 0 Å². The summed E-state index contributed by atoms with van der Waals surface area (Å²) < 4.78 is 5.38. The van der Waals surface area contributed by atoms with Crippen LogP contribution in [0.15, 0.2) is 60.9 Å². The maximum absolute atomic E-state index is 12.7. The van der Waals surface area contributed by atoms with Crippen LogP contribution in [0.5, 0.6) is 0 Å². The molecule has 0 saturated carbocycles. The Balaban J connectivity index is 1.48. The third-order valence-electron chi connectivity index (χ3n) is 5.32. The molecule has 0 atom stereocenters. The van der Waals surface area contributed by atoms with Gasteiger partial charge < -0.3 is 9.64 Å². The van der Waals surface area contributed by atoms with Crippen molar-refractivity contribution >= 4 is 34.8 Å². The highest BCUT2D eigenvalue weighted by atomic mass is 16.5. The van der Waals surface area contributed by atoms with Crippen molar-refractivity contribution in [3.05, 3.63) is 72.1 Å². The number of carbonyl (C=O) groups is 2. The van der Waals surface area contributed by atoms with Crippen molar-refractivity contribution in [3.63, 3.8) is 0 Å².